The zero-order chi connectivity index (χ0) is 20.6. The van der Waals surface area contributed by atoms with Gasteiger partial charge in [0, 0.05) is 44.3 Å². The molecule has 160 valence electrons. The molecule has 2 aliphatic rings. The van der Waals surface area contributed by atoms with Crippen molar-refractivity contribution >= 4 is 17.5 Å². The van der Waals surface area contributed by atoms with Crippen molar-refractivity contribution in [3.63, 3.8) is 0 Å². The van der Waals surface area contributed by atoms with E-state index in [9.17, 15) is 9.59 Å². The number of amides is 2. The Hall–Kier alpha value is -2.08. The number of para-hydroxylation sites is 1. The largest absolute Gasteiger partial charge is 0.376 e. The lowest BCUT2D eigenvalue weighted by Crippen LogP contribution is -2.47. The van der Waals surface area contributed by atoms with Gasteiger partial charge in [-0.1, -0.05) is 37.5 Å². The fourth-order valence-corrected chi connectivity index (χ4v) is 4.54. The summed E-state index contributed by atoms with van der Waals surface area (Å²) in [7, 11) is 2.22. The molecule has 1 aromatic carbocycles. The summed E-state index contributed by atoms with van der Waals surface area (Å²) >= 11 is 0. The molecular weight excluding hydrogens is 364 g/mol. The minimum atomic E-state index is 0.0155. The molecule has 1 aromatic rings. The Kier molecular flexibility index (Phi) is 7.92. The van der Waals surface area contributed by atoms with Gasteiger partial charge in [0.05, 0.1) is 6.54 Å². The number of benzene rings is 1. The molecule has 1 saturated heterocycles. The van der Waals surface area contributed by atoms with Crippen LogP contribution in [0.1, 0.15) is 57.4 Å². The SMILES string of the molecule is CC(=O)N1CCC(NC(=O)CNc2ccccc2CN(C)C2CCCCC2)CC1. The molecule has 0 bridgehead atoms. The number of nitrogens with zero attached hydrogens (tertiary/aromatic N) is 2. The van der Waals surface area contributed by atoms with Crippen molar-refractivity contribution < 1.29 is 9.59 Å². The van der Waals surface area contributed by atoms with E-state index in [1.54, 1.807) is 6.92 Å². The lowest BCUT2D eigenvalue weighted by atomic mass is 9.94. The smallest absolute Gasteiger partial charge is 0.239 e. The van der Waals surface area contributed by atoms with Crippen molar-refractivity contribution in [2.24, 2.45) is 0 Å². The summed E-state index contributed by atoms with van der Waals surface area (Å²) in [5.41, 5.74) is 2.28. The highest BCUT2D eigenvalue weighted by molar-refractivity contribution is 5.81. The van der Waals surface area contributed by atoms with Crippen molar-refractivity contribution in [1.82, 2.24) is 15.1 Å². The van der Waals surface area contributed by atoms with Crippen molar-refractivity contribution in [3.05, 3.63) is 29.8 Å². The number of likely N-dealkylation sites (tertiary alicyclic amines) is 1. The van der Waals surface area contributed by atoms with Crippen molar-refractivity contribution in [1.29, 1.82) is 0 Å². The zero-order valence-electron chi connectivity index (χ0n) is 18.0. The molecule has 6 heteroatoms. The maximum atomic E-state index is 12.4. The quantitative estimate of drug-likeness (QED) is 0.739. The number of nitrogens with one attached hydrogen (secondary N) is 2. The standard InChI is InChI=1S/C23H36N4O2/c1-18(28)27-14-12-20(13-15-27)25-23(29)16-24-22-11-7-6-8-19(22)17-26(2)21-9-4-3-5-10-21/h6-8,11,20-21,24H,3-5,9-10,12-17H2,1-2H3,(H,25,29). The van der Waals surface area contributed by atoms with Crippen molar-refractivity contribution in [2.45, 2.75) is 70.5 Å². The summed E-state index contributed by atoms with van der Waals surface area (Å²) < 4.78 is 0. The van der Waals surface area contributed by atoms with Crippen LogP contribution in [0.5, 0.6) is 0 Å². The Morgan fingerprint density at radius 3 is 2.45 bits per heavy atom. The van der Waals surface area contributed by atoms with Gasteiger partial charge in [-0.2, -0.15) is 0 Å². The van der Waals surface area contributed by atoms with Crippen LogP contribution in [0.2, 0.25) is 0 Å². The van der Waals surface area contributed by atoms with Gasteiger partial charge >= 0.3 is 0 Å². The molecule has 2 amide bonds. The number of piperidine rings is 1. The second kappa shape index (κ2) is 10.6. The summed E-state index contributed by atoms with van der Waals surface area (Å²) in [6.45, 7) is 4.23. The van der Waals surface area contributed by atoms with Gasteiger partial charge in [-0.25, -0.2) is 0 Å². The third-order valence-corrected chi connectivity index (χ3v) is 6.38. The Balaban J connectivity index is 1.46. The highest BCUT2D eigenvalue weighted by atomic mass is 16.2. The summed E-state index contributed by atoms with van der Waals surface area (Å²) in [5, 5.41) is 6.45. The third kappa shape index (κ3) is 6.46. The lowest BCUT2D eigenvalue weighted by molar-refractivity contribution is -0.130. The van der Waals surface area contributed by atoms with Crippen LogP contribution >= 0.6 is 0 Å². The van der Waals surface area contributed by atoms with Crippen LogP contribution in [-0.2, 0) is 16.1 Å². The topological polar surface area (TPSA) is 64.7 Å². The highest BCUT2D eigenvalue weighted by Gasteiger charge is 2.22. The van der Waals surface area contributed by atoms with Gasteiger partial charge in [0.1, 0.15) is 0 Å². The number of carbonyl (C=O) groups is 2. The molecule has 1 heterocycles. The normalized spacial score (nSPS) is 18.7. The fourth-order valence-electron chi connectivity index (χ4n) is 4.54. The van der Waals surface area contributed by atoms with E-state index in [0.29, 0.717) is 6.04 Å². The second-order valence-corrected chi connectivity index (χ2v) is 8.57. The minimum Gasteiger partial charge on any atom is -0.376 e. The maximum Gasteiger partial charge on any atom is 0.239 e. The zero-order valence-corrected chi connectivity index (χ0v) is 18.0. The molecular formula is C23H36N4O2. The van der Waals surface area contributed by atoms with Crippen LogP contribution in [0.25, 0.3) is 0 Å². The monoisotopic (exact) mass is 400 g/mol. The molecule has 0 unspecified atom stereocenters. The van der Waals surface area contributed by atoms with Gasteiger partial charge in [-0.3, -0.25) is 14.5 Å². The Morgan fingerprint density at radius 2 is 1.76 bits per heavy atom. The van der Waals surface area contributed by atoms with Gasteiger partial charge in [0.25, 0.3) is 0 Å². The van der Waals surface area contributed by atoms with Crippen molar-refractivity contribution in [2.75, 3.05) is 32.0 Å². The average Bonchev–Trinajstić information content (AvgIpc) is 2.74. The second-order valence-electron chi connectivity index (χ2n) is 8.57. The number of anilines is 1. The molecule has 0 radical (unpaired) electrons. The van der Waals surface area contributed by atoms with E-state index < -0.39 is 0 Å². The number of hydrogen-bond acceptors (Lipinski definition) is 4. The van der Waals surface area contributed by atoms with Crippen LogP contribution in [0.3, 0.4) is 0 Å². The number of hydrogen-bond donors (Lipinski definition) is 2. The number of rotatable bonds is 7. The van der Waals surface area contributed by atoms with Gasteiger partial charge in [0.15, 0.2) is 0 Å². The van der Waals surface area contributed by atoms with E-state index in [2.05, 4.69) is 40.8 Å². The molecule has 0 atom stereocenters. The van der Waals surface area contributed by atoms with Crippen LogP contribution in [0.15, 0.2) is 24.3 Å². The lowest BCUT2D eigenvalue weighted by Gasteiger charge is -2.32. The van der Waals surface area contributed by atoms with Gasteiger partial charge in [0.2, 0.25) is 11.8 Å². The highest BCUT2D eigenvalue weighted by Crippen LogP contribution is 2.24. The molecule has 1 aliphatic carbocycles. The van der Waals surface area contributed by atoms with Crippen LogP contribution in [0.4, 0.5) is 5.69 Å². The first-order chi connectivity index (χ1) is 14.0. The molecule has 1 aliphatic heterocycles. The first kappa shape index (κ1) is 21.6. The Bertz CT molecular complexity index is 679. The van der Waals surface area contributed by atoms with E-state index in [-0.39, 0.29) is 24.4 Å². The summed E-state index contributed by atoms with van der Waals surface area (Å²) in [6, 6.07) is 9.12. The molecule has 0 aromatic heterocycles. The predicted molar refractivity (Wildman–Crippen MR) is 117 cm³/mol. The average molecular weight is 401 g/mol. The molecule has 3 rings (SSSR count). The van der Waals surface area contributed by atoms with Crippen molar-refractivity contribution in [3.8, 4) is 0 Å². The maximum absolute atomic E-state index is 12.4. The fraction of sp³-hybridized carbons (Fsp3) is 0.652. The Morgan fingerprint density at radius 1 is 1.07 bits per heavy atom. The molecule has 0 spiro atoms. The van der Waals surface area contributed by atoms with Gasteiger partial charge in [-0.05, 0) is 44.4 Å². The van der Waals surface area contributed by atoms with E-state index in [1.807, 2.05) is 11.0 Å². The third-order valence-electron chi connectivity index (χ3n) is 6.38. The summed E-state index contributed by atoms with van der Waals surface area (Å²) in [5.74, 6) is 0.132. The van der Waals surface area contributed by atoms with Gasteiger partial charge < -0.3 is 15.5 Å². The Labute approximate surface area is 175 Å². The molecule has 2 N–H and O–H groups in total. The van der Waals surface area contributed by atoms with Crippen LogP contribution in [0, 0.1) is 0 Å². The minimum absolute atomic E-state index is 0.0155. The van der Waals surface area contributed by atoms with Crippen LogP contribution < -0.4 is 10.6 Å². The van der Waals surface area contributed by atoms with Gasteiger partial charge in [-0.15, -0.1) is 0 Å². The summed E-state index contributed by atoms with van der Waals surface area (Å²) in [6.07, 6.45) is 8.27. The van der Waals surface area contributed by atoms with E-state index in [0.717, 1.165) is 38.2 Å². The molecule has 1 saturated carbocycles. The molecule has 2 fully saturated rings. The predicted octanol–water partition coefficient (Wildman–Crippen LogP) is 2.99. The molecule has 29 heavy (non-hydrogen) atoms. The number of carbonyl (C=O) groups excluding carboxylic acids is 2. The van der Waals surface area contributed by atoms with Crippen LogP contribution in [-0.4, -0.2) is 60.4 Å². The first-order valence-corrected chi connectivity index (χ1v) is 11.1. The summed E-state index contributed by atoms with van der Waals surface area (Å²) in [4.78, 5) is 28.1. The van der Waals surface area contributed by atoms with E-state index in [1.165, 1.54) is 37.7 Å². The molecule has 6 nitrogen and oxygen atoms in total. The van der Waals surface area contributed by atoms with E-state index in [4.69, 9.17) is 0 Å². The first-order valence-electron chi connectivity index (χ1n) is 11.1. The van der Waals surface area contributed by atoms with E-state index >= 15 is 0 Å².